The van der Waals surface area contributed by atoms with Crippen LogP contribution in [0.3, 0.4) is 0 Å². The summed E-state index contributed by atoms with van der Waals surface area (Å²) in [6, 6.07) is 95.3. The first kappa shape index (κ1) is 77.6. The van der Waals surface area contributed by atoms with Crippen LogP contribution in [0.4, 0.5) is 0 Å². The van der Waals surface area contributed by atoms with Crippen molar-refractivity contribution >= 4 is 81.6 Å². The Morgan fingerprint density at radius 1 is 0.171 bits per heavy atom. The summed E-state index contributed by atoms with van der Waals surface area (Å²) < 4.78 is 7.08. The second-order valence-corrected chi connectivity index (χ2v) is 26.9. The summed E-state index contributed by atoms with van der Waals surface area (Å²) >= 11 is 0. The van der Waals surface area contributed by atoms with Crippen LogP contribution < -0.4 is 0 Å². The van der Waals surface area contributed by atoms with Crippen molar-refractivity contribution in [1.29, 1.82) is 0 Å². The summed E-state index contributed by atoms with van der Waals surface area (Å²) in [5.41, 5.74) is 42.5. The first-order chi connectivity index (χ1) is 55.1. The minimum atomic E-state index is 1.01. The number of rotatable bonds is 0. The molecule has 24 rings (SSSR count). The van der Waals surface area contributed by atoms with E-state index in [-0.39, 0.29) is 0 Å². The topological polar surface area (TPSA) is 13.2 Å². The molecule has 0 amide bonds. The summed E-state index contributed by atoms with van der Waals surface area (Å²) in [4.78, 5) is 0. The lowest BCUT2D eigenvalue weighted by Gasteiger charge is -2.14. The quantitative estimate of drug-likeness (QED) is 0.134. The van der Waals surface area contributed by atoms with Gasteiger partial charge in [0.05, 0.1) is 33.1 Å². The summed E-state index contributed by atoms with van der Waals surface area (Å²) in [7, 11) is 0. The Kier molecular flexibility index (Phi) is 23.9. The Balaban J connectivity index is 0.000000132. The van der Waals surface area contributed by atoms with Gasteiger partial charge in [-0.2, -0.15) is 0 Å². The molecule has 0 unspecified atom stereocenters. The Morgan fingerprint density at radius 3 is 0.874 bits per heavy atom. The maximum absolute atomic E-state index is 2.49. The third-order valence-electron chi connectivity index (χ3n) is 22.3. The molecule has 6 aliphatic carbocycles. The smallest absolute Gasteiger partial charge is 0.0541 e. The molecule has 0 saturated carbocycles. The van der Waals surface area contributed by atoms with Crippen molar-refractivity contribution in [3.05, 3.63) is 340 Å². The van der Waals surface area contributed by atoms with Crippen LogP contribution in [0.15, 0.2) is 273 Å². The average molecular weight is 1450 g/mol. The van der Waals surface area contributed by atoms with Gasteiger partial charge in [-0.05, 0) is 273 Å². The lowest BCUT2D eigenvalue weighted by molar-refractivity contribution is 1.21. The van der Waals surface area contributed by atoms with Crippen molar-refractivity contribution in [2.75, 3.05) is 0 Å². The van der Waals surface area contributed by atoms with E-state index in [1.807, 2.05) is 125 Å². The van der Waals surface area contributed by atoms with Gasteiger partial charge in [-0.1, -0.05) is 294 Å². The van der Waals surface area contributed by atoms with Crippen LogP contribution in [0.1, 0.15) is 191 Å². The zero-order valence-corrected chi connectivity index (χ0v) is 69.1. The fraction of sp³-hybridized carbons (Fsp3) is 0.222. The van der Waals surface area contributed by atoms with E-state index in [1.165, 1.54) is 215 Å². The maximum Gasteiger partial charge on any atom is 0.0541 e. The molecule has 18 aromatic rings. The van der Waals surface area contributed by atoms with E-state index in [9.17, 15) is 0 Å². The predicted molar refractivity (Wildman–Crippen MR) is 489 cm³/mol. The molecule has 0 aliphatic heterocycles. The minimum absolute atomic E-state index is 1.01. The molecule has 3 nitrogen and oxygen atoms in total. The number of fused-ring (bicyclic) bond motifs is 39. The van der Waals surface area contributed by atoms with E-state index in [1.54, 1.807) is 0 Å². The average Bonchev–Trinajstić information content (AvgIpc) is 1.59. The largest absolute Gasteiger partial charge is 0.316 e. The molecule has 0 fully saturated rings. The van der Waals surface area contributed by atoms with Crippen LogP contribution in [0.5, 0.6) is 0 Å². The zero-order chi connectivity index (χ0) is 78.3. The number of nitrogens with zero attached hydrogens (tertiary/aromatic N) is 3. The third-order valence-corrected chi connectivity index (χ3v) is 22.3. The Hall–Kier alpha value is -11.5. The molecule has 111 heavy (non-hydrogen) atoms. The molecule has 6 heterocycles. The van der Waals surface area contributed by atoms with Gasteiger partial charge in [0.25, 0.3) is 0 Å². The van der Waals surface area contributed by atoms with Gasteiger partial charge in [-0.15, -0.1) is 0 Å². The van der Waals surface area contributed by atoms with Gasteiger partial charge in [0, 0.05) is 50.9 Å². The van der Waals surface area contributed by atoms with Crippen molar-refractivity contribution in [3.63, 3.8) is 0 Å². The van der Waals surface area contributed by atoms with Crippen LogP contribution in [0, 0.1) is 0 Å². The highest BCUT2D eigenvalue weighted by atomic mass is 14.9. The number of hydrogen-bond acceptors (Lipinski definition) is 0. The second kappa shape index (κ2) is 34.2. The lowest BCUT2D eigenvalue weighted by atomic mass is 9.93. The van der Waals surface area contributed by atoms with E-state index in [0.717, 1.165) is 38.5 Å². The van der Waals surface area contributed by atoms with Gasteiger partial charge >= 0.3 is 0 Å². The van der Waals surface area contributed by atoms with Crippen molar-refractivity contribution in [2.45, 2.75) is 163 Å². The number of benzene rings is 12. The molecular weight excluding hydrogens is 1340 g/mol. The molecule has 0 N–H and O–H groups in total. The minimum Gasteiger partial charge on any atom is -0.316 e. The number of para-hydroxylation sites is 3. The fourth-order valence-electron chi connectivity index (χ4n) is 18.4. The van der Waals surface area contributed by atoms with Gasteiger partial charge in [0.15, 0.2) is 0 Å². The van der Waals surface area contributed by atoms with Gasteiger partial charge < -0.3 is 13.2 Å². The number of hydrogen-bond donors (Lipinski definition) is 0. The van der Waals surface area contributed by atoms with Crippen molar-refractivity contribution in [1.82, 2.24) is 13.2 Å². The highest BCUT2D eigenvalue weighted by molar-refractivity contribution is 6.21. The Bertz CT molecular complexity index is 6430. The molecular formula is C108H111N3. The van der Waals surface area contributed by atoms with Crippen molar-refractivity contribution in [3.8, 4) is 66.8 Å². The van der Waals surface area contributed by atoms with Crippen LogP contribution in [-0.2, 0) is 38.5 Å². The number of aromatic nitrogens is 3. The summed E-state index contributed by atoms with van der Waals surface area (Å²) in [5.74, 6) is 0. The van der Waals surface area contributed by atoms with Gasteiger partial charge in [-0.3, -0.25) is 0 Å². The van der Waals surface area contributed by atoms with Crippen LogP contribution >= 0.6 is 0 Å². The molecule has 0 saturated heterocycles. The van der Waals surface area contributed by atoms with Gasteiger partial charge in [-0.25, -0.2) is 0 Å². The Labute approximate surface area is 660 Å². The first-order valence-corrected chi connectivity index (χ1v) is 42.1. The SMILES string of the molecule is CC.CC.CC.CC.CC.CC.CC.CC.CC.c1ccc2c(c1)Cc1cc3c(cc1-2)-c1c(ccc2c4ccccc4n4cccc4c12)C3.c1ccc2c(c1)Cc1cc3c(cc1-2)Cc1c-3ccc2c3ccccc3n3cccc3c12.c1ccc2c(c1)Cc1cc3c(cc1-2)Cc1ccc2c4ccccc4n4cccc4c2c1-3. The molecule has 0 radical (unpaired) electrons. The first-order valence-electron chi connectivity index (χ1n) is 42.1. The highest BCUT2D eigenvalue weighted by Gasteiger charge is 2.32. The molecule has 0 atom stereocenters. The zero-order valence-electron chi connectivity index (χ0n) is 69.1. The van der Waals surface area contributed by atoms with Crippen LogP contribution in [0.2, 0.25) is 0 Å². The highest BCUT2D eigenvalue weighted by Crippen LogP contribution is 2.53. The van der Waals surface area contributed by atoms with E-state index in [0.29, 0.717) is 0 Å². The molecule has 558 valence electrons. The maximum atomic E-state index is 2.49. The number of pyridine rings is 3. The van der Waals surface area contributed by atoms with Gasteiger partial charge in [0.2, 0.25) is 0 Å². The molecule has 0 bridgehead atoms. The molecule has 0 spiro atoms. The van der Waals surface area contributed by atoms with E-state index >= 15 is 0 Å². The predicted octanol–water partition coefficient (Wildman–Crippen LogP) is 31.4. The van der Waals surface area contributed by atoms with E-state index < -0.39 is 0 Å². The monoisotopic (exact) mass is 1450 g/mol. The summed E-state index contributed by atoms with van der Waals surface area (Å²) in [5, 5.41) is 12.3. The van der Waals surface area contributed by atoms with Crippen LogP contribution in [0.25, 0.3) is 148 Å². The summed E-state index contributed by atoms with van der Waals surface area (Å²) in [6.07, 6.45) is 12.8. The van der Waals surface area contributed by atoms with E-state index in [4.69, 9.17) is 0 Å². The molecule has 6 aliphatic rings. The van der Waals surface area contributed by atoms with Crippen LogP contribution in [-0.4, -0.2) is 13.2 Å². The summed E-state index contributed by atoms with van der Waals surface area (Å²) in [6.45, 7) is 36.0. The molecule has 12 aromatic carbocycles. The lowest BCUT2D eigenvalue weighted by Crippen LogP contribution is -1.93. The van der Waals surface area contributed by atoms with Crippen molar-refractivity contribution < 1.29 is 0 Å². The molecule has 3 heteroatoms. The fourth-order valence-corrected chi connectivity index (χ4v) is 18.4. The van der Waals surface area contributed by atoms with Gasteiger partial charge in [0.1, 0.15) is 0 Å². The normalized spacial score (nSPS) is 11.8. The second-order valence-electron chi connectivity index (χ2n) is 26.9. The Morgan fingerprint density at radius 2 is 0.450 bits per heavy atom. The standard InChI is InChI=1S/3C30H19N.9C2H6/c1-2-7-21-18(6-1)14-19-15-26-20(16-25(19)21)17-27-22(26)11-12-24-23-8-3-4-9-28(23)31-13-5-10-29(31)30(24)27;1-2-7-22-18(6-1)14-20-17-26-21(16-25(20)22)15-19-11-12-24-23-8-3-4-9-27(23)31-13-5-10-28(31)30(24)29(19)26;1-2-7-22-18(6-1)14-20-16-21-15-19-11-12-24-23-8-3-4-9-27(23)31-13-5-10-28(31)30(24)29(19)26(21)17-25(20)22;9*1-2/h1-13,15-16H,14,17H2;2*1-13,16-17H,14-15H2;9*1-2H3. The van der Waals surface area contributed by atoms with E-state index in [2.05, 4.69) is 287 Å². The third kappa shape index (κ3) is 12.8. The molecule has 6 aromatic heterocycles. The van der Waals surface area contributed by atoms with Crippen molar-refractivity contribution in [2.24, 2.45) is 0 Å².